The van der Waals surface area contributed by atoms with Crippen LogP contribution in [0.4, 0.5) is 11.4 Å². The van der Waals surface area contributed by atoms with Crippen LogP contribution in [-0.4, -0.2) is 32.8 Å². The monoisotopic (exact) mass is 373 g/mol. The van der Waals surface area contributed by atoms with Gasteiger partial charge >= 0.3 is 0 Å². The number of para-hydroxylation sites is 1. The van der Waals surface area contributed by atoms with Gasteiger partial charge in [-0.15, -0.1) is 0 Å². The lowest BCUT2D eigenvalue weighted by Crippen LogP contribution is -2.37. The minimum absolute atomic E-state index is 0.0808. The second-order valence-electron chi connectivity index (χ2n) is 6.07. The molecule has 0 spiro atoms. The molecule has 0 aliphatic carbocycles. The van der Waals surface area contributed by atoms with Gasteiger partial charge < -0.3 is 10.2 Å². The maximum Gasteiger partial charge on any atom is 0.240 e. The third kappa shape index (κ3) is 4.09. The number of hydrogen-bond donors (Lipinski definition) is 2. The van der Waals surface area contributed by atoms with Crippen molar-refractivity contribution in [2.24, 2.45) is 0 Å². The lowest BCUT2D eigenvalue weighted by atomic mass is 10.3. The van der Waals surface area contributed by atoms with Crippen molar-refractivity contribution in [1.82, 2.24) is 4.72 Å². The highest BCUT2D eigenvalue weighted by atomic mass is 32.2. The van der Waals surface area contributed by atoms with Crippen LogP contribution in [0, 0.1) is 0 Å². The van der Waals surface area contributed by atoms with Crippen molar-refractivity contribution in [3.05, 3.63) is 54.6 Å². The van der Waals surface area contributed by atoms with Crippen molar-refractivity contribution in [3.63, 3.8) is 0 Å². The molecule has 0 bridgehead atoms. The number of sulfonamides is 1. The Hall–Kier alpha value is -2.71. The summed E-state index contributed by atoms with van der Waals surface area (Å²) in [6.45, 7) is 1.66. The van der Waals surface area contributed by atoms with Crippen molar-refractivity contribution in [3.8, 4) is 0 Å². The predicted molar refractivity (Wildman–Crippen MR) is 98.3 cm³/mol. The van der Waals surface area contributed by atoms with E-state index in [-0.39, 0.29) is 29.7 Å². The van der Waals surface area contributed by atoms with Crippen LogP contribution in [0.15, 0.2) is 59.5 Å². The second kappa shape index (κ2) is 7.27. The zero-order valence-electron chi connectivity index (χ0n) is 14.2. The number of hydrogen-bond acceptors (Lipinski definition) is 4. The van der Waals surface area contributed by atoms with Gasteiger partial charge in [-0.3, -0.25) is 9.59 Å². The Morgan fingerprint density at radius 2 is 1.73 bits per heavy atom. The van der Waals surface area contributed by atoms with Gasteiger partial charge in [0.2, 0.25) is 21.8 Å². The zero-order valence-corrected chi connectivity index (χ0v) is 15.0. The molecule has 2 N–H and O–H groups in total. The van der Waals surface area contributed by atoms with E-state index in [0.717, 1.165) is 5.69 Å². The molecule has 0 saturated carbocycles. The molecule has 0 aromatic heterocycles. The molecule has 2 aromatic carbocycles. The van der Waals surface area contributed by atoms with Crippen LogP contribution in [0.2, 0.25) is 0 Å². The summed E-state index contributed by atoms with van der Waals surface area (Å²) < 4.78 is 27.7. The van der Waals surface area contributed by atoms with Crippen LogP contribution >= 0.6 is 0 Å². The fourth-order valence-electron chi connectivity index (χ4n) is 2.85. The van der Waals surface area contributed by atoms with Crippen LogP contribution < -0.4 is 14.9 Å². The highest BCUT2D eigenvalue weighted by Gasteiger charge is 2.33. The first kappa shape index (κ1) is 18.1. The molecule has 7 nitrogen and oxygen atoms in total. The number of nitrogens with one attached hydrogen (secondary N) is 2. The first-order valence-corrected chi connectivity index (χ1v) is 9.59. The number of amides is 2. The summed E-state index contributed by atoms with van der Waals surface area (Å²) in [5.41, 5.74) is 1.27. The lowest BCUT2D eigenvalue weighted by Gasteiger charge is -2.17. The third-order valence-corrected chi connectivity index (χ3v) is 5.54. The molecular weight excluding hydrogens is 354 g/mol. The van der Waals surface area contributed by atoms with E-state index in [2.05, 4.69) is 10.0 Å². The van der Waals surface area contributed by atoms with Gasteiger partial charge in [-0.25, -0.2) is 13.1 Å². The fraction of sp³-hybridized carbons (Fsp3) is 0.222. The van der Waals surface area contributed by atoms with Gasteiger partial charge in [-0.05, 0) is 36.4 Å². The molecule has 1 aliphatic heterocycles. The van der Waals surface area contributed by atoms with E-state index < -0.39 is 16.1 Å². The molecule has 0 radical (unpaired) electrons. The smallest absolute Gasteiger partial charge is 0.240 e. The Kier molecular flexibility index (Phi) is 5.06. The van der Waals surface area contributed by atoms with Gasteiger partial charge in [-0.2, -0.15) is 0 Å². The van der Waals surface area contributed by atoms with Crippen molar-refractivity contribution in [2.75, 3.05) is 16.8 Å². The molecule has 2 aromatic rings. The Morgan fingerprint density at radius 1 is 1.08 bits per heavy atom. The molecule has 8 heteroatoms. The number of benzene rings is 2. The summed E-state index contributed by atoms with van der Waals surface area (Å²) >= 11 is 0. The Bertz CT molecular complexity index is 911. The molecule has 2 amide bonds. The molecule has 1 unspecified atom stereocenters. The average molecular weight is 373 g/mol. The largest absolute Gasteiger partial charge is 0.326 e. The van der Waals surface area contributed by atoms with E-state index >= 15 is 0 Å². The fourth-order valence-corrected chi connectivity index (χ4v) is 4.08. The Labute approximate surface area is 152 Å². The minimum Gasteiger partial charge on any atom is -0.326 e. The van der Waals surface area contributed by atoms with Crippen LogP contribution in [-0.2, 0) is 19.6 Å². The van der Waals surface area contributed by atoms with E-state index in [9.17, 15) is 18.0 Å². The van der Waals surface area contributed by atoms with Gasteiger partial charge in [0.15, 0.2) is 0 Å². The summed E-state index contributed by atoms with van der Waals surface area (Å²) in [5, 5.41) is 2.58. The molecule has 1 fully saturated rings. The van der Waals surface area contributed by atoms with Crippen LogP contribution in [0.5, 0.6) is 0 Å². The topological polar surface area (TPSA) is 95.6 Å². The molecule has 1 aliphatic rings. The van der Waals surface area contributed by atoms with Crippen LogP contribution in [0.1, 0.15) is 13.3 Å². The van der Waals surface area contributed by atoms with Crippen molar-refractivity contribution in [2.45, 2.75) is 24.3 Å². The maximum atomic E-state index is 12.5. The SMILES string of the molecule is CC(=O)Nc1ccc(S(=O)(=O)NC2CC(=O)N(c3ccccc3)C2)cc1. The zero-order chi connectivity index (χ0) is 18.7. The molecule has 1 heterocycles. The third-order valence-electron chi connectivity index (χ3n) is 4.00. The van der Waals surface area contributed by atoms with Gasteiger partial charge in [0.05, 0.1) is 4.90 Å². The van der Waals surface area contributed by atoms with Crippen molar-refractivity contribution < 1.29 is 18.0 Å². The highest BCUT2D eigenvalue weighted by molar-refractivity contribution is 7.89. The van der Waals surface area contributed by atoms with E-state index in [1.165, 1.54) is 31.2 Å². The van der Waals surface area contributed by atoms with Crippen LogP contribution in [0.25, 0.3) is 0 Å². The van der Waals surface area contributed by atoms with Gasteiger partial charge in [0.25, 0.3) is 0 Å². The number of carbonyl (C=O) groups excluding carboxylic acids is 2. The molecule has 26 heavy (non-hydrogen) atoms. The highest BCUT2D eigenvalue weighted by Crippen LogP contribution is 2.22. The van der Waals surface area contributed by atoms with E-state index in [1.54, 1.807) is 4.90 Å². The number of anilines is 2. The average Bonchev–Trinajstić information content (AvgIpc) is 2.95. The molecular formula is C18H19N3O4S. The minimum atomic E-state index is -3.76. The normalized spacial score (nSPS) is 17.3. The van der Waals surface area contributed by atoms with Gasteiger partial charge in [0, 0.05) is 37.3 Å². The Morgan fingerprint density at radius 3 is 2.35 bits per heavy atom. The van der Waals surface area contributed by atoms with Gasteiger partial charge in [-0.1, -0.05) is 18.2 Å². The van der Waals surface area contributed by atoms with Crippen molar-refractivity contribution >= 4 is 33.2 Å². The summed E-state index contributed by atoms with van der Waals surface area (Å²) in [7, 11) is -3.76. The summed E-state index contributed by atoms with van der Waals surface area (Å²) in [6, 6.07) is 14.5. The Balaban J connectivity index is 1.70. The van der Waals surface area contributed by atoms with Gasteiger partial charge in [0.1, 0.15) is 0 Å². The standard InChI is InChI=1S/C18H19N3O4S/c1-13(22)19-14-7-9-17(10-8-14)26(24,25)20-15-11-18(23)21(12-15)16-5-3-2-4-6-16/h2-10,15,20H,11-12H2,1H3,(H,19,22). The summed E-state index contributed by atoms with van der Waals surface area (Å²) in [4.78, 5) is 24.9. The lowest BCUT2D eigenvalue weighted by molar-refractivity contribution is -0.117. The summed E-state index contributed by atoms with van der Waals surface area (Å²) in [6.07, 6.45) is 0.109. The van der Waals surface area contributed by atoms with E-state index in [1.807, 2.05) is 30.3 Å². The quantitative estimate of drug-likeness (QED) is 0.834. The molecule has 1 saturated heterocycles. The predicted octanol–water partition coefficient (Wildman–Crippen LogP) is 1.73. The molecule has 136 valence electrons. The molecule has 1 atom stereocenters. The first-order valence-electron chi connectivity index (χ1n) is 8.10. The van der Waals surface area contributed by atoms with E-state index in [0.29, 0.717) is 5.69 Å². The number of rotatable bonds is 5. The number of nitrogens with zero attached hydrogens (tertiary/aromatic N) is 1. The van der Waals surface area contributed by atoms with Crippen LogP contribution in [0.3, 0.4) is 0 Å². The van der Waals surface area contributed by atoms with E-state index in [4.69, 9.17) is 0 Å². The summed E-state index contributed by atoms with van der Waals surface area (Å²) in [5.74, 6) is -0.353. The second-order valence-corrected chi connectivity index (χ2v) is 7.78. The number of carbonyl (C=O) groups is 2. The van der Waals surface area contributed by atoms with Crippen molar-refractivity contribution in [1.29, 1.82) is 0 Å². The molecule has 3 rings (SSSR count). The first-order chi connectivity index (χ1) is 12.3. The maximum absolute atomic E-state index is 12.5.